The summed E-state index contributed by atoms with van der Waals surface area (Å²) < 4.78 is 3.22. The van der Waals surface area contributed by atoms with Gasteiger partial charge in [0.1, 0.15) is 0 Å². The first-order valence-electron chi connectivity index (χ1n) is 6.78. The molecule has 0 spiro atoms. The molecule has 0 aliphatic carbocycles. The fourth-order valence-electron chi connectivity index (χ4n) is 2.32. The lowest BCUT2D eigenvalue weighted by Gasteiger charge is -2.23. The van der Waals surface area contributed by atoms with Crippen LogP contribution in [0.3, 0.4) is 0 Å². The number of halogens is 1. The predicted octanol–water partition coefficient (Wildman–Crippen LogP) is 3.53. The first-order valence-corrected chi connectivity index (χ1v) is 7.57. The molecule has 0 amide bonds. The molecule has 18 heavy (non-hydrogen) atoms. The Morgan fingerprint density at radius 2 is 1.94 bits per heavy atom. The van der Waals surface area contributed by atoms with E-state index >= 15 is 0 Å². The third-order valence-electron chi connectivity index (χ3n) is 3.02. The number of nitrogens with two attached hydrogens (primary N) is 1. The molecule has 1 rings (SSSR count). The van der Waals surface area contributed by atoms with Crippen molar-refractivity contribution in [1.82, 2.24) is 9.78 Å². The average molecular weight is 316 g/mol. The Morgan fingerprint density at radius 3 is 2.39 bits per heavy atom. The van der Waals surface area contributed by atoms with Gasteiger partial charge < -0.3 is 5.73 Å². The zero-order valence-electron chi connectivity index (χ0n) is 12.3. The van der Waals surface area contributed by atoms with E-state index in [1.54, 1.807) is 0 Å². The molecule has 1 aromatic rings. The summed E-state index contributed by atoms with van der Waals surface area (Å²) in [7, 11) is 0. The molecule has 0 aliphatic rings. The Balaban J connectivity index is 2.86. The van der Waals surface area contributed by atoms with Crippen molar-refractivity contribution in [2.75, 3.05) is 0 Å². The van der Waals surface area contributed by atoms with Crippen molar-refractivity contribution in [3.63, 3.8) is 0 Å². The zero-order chi connectivity index (χ0) is 13.9. The van der Waals surface area contributed by atoms with Crippen molar-refractivity contribution in [2.45, 2.75) is 66.5 Å². The third kappa shape index (κ3) is 4.09. The molecular weight excluding hydrogens is 290 g/mol. The number of hydrogen-bond acceptors (Lipinski definition) is 2. The summed E-state index contributed by atoms with van der Waals surface area (Å²) in [6.07, 6.45) is 2.86. The second-order valence-corrected chi connectivity index (χ2v) is 6.90. The van der Waals surface area contributed by atoms with Gasteiger partial charge in [0.2, 0.25) is 0 Å². The maximum absolute atomic E-state index is 6.27. The smallest absolute Gasteiger partial charge is 0.0766 e. The molecule has 1 aromatic heterocycles. The first-order chi connectivity index (χ1) is 8.28. The van der Waals surface area contributed by atoms with Gasteiger partial charge >= 0.3 is 0 Å². The molecule has 0 saturated heterocycles. The fourth-order valence-corrected chi connectivity index (χ4v) is 3.05. The molecule has 1 heterocycles. The average Bonchev–Trinajstić information content (AvgIpc) is 2.53. The standard InChI is InChI=1S/C14H26BrN3/c1-6-11-13(15)12(18(7-2)17-11)8-10(16)9-14(3,4)5/h10H,6-9,16H2,1-5H3. The fraction of sp³-hybridized carbons (Fsp3) is 0.786. The van der Waals surface area contributed by atoms with E-state index in [2.05, 4.69) is 60.3 Å². The van der Waals surface area contributed by atoms with Crippen LogP contribution in [0.15, 0.2) is 4.47 Å². The van der Waals surface area contributed by atoms with Crippen molar-refractivity contribution >= 4 is 15.9 Å². The molecule has 1 unspecified atom stereocenters. The number of rotatable bonds is 5. The Labute approximate surface area is 119 Å². The van der Waals surface area contributed by atoms with Gasteiger partial charge in [0.05, 0.1) is 15.9 Å². The van der Waals surface area contributed by atoms with E-state index < -0.39 is 0 Å². The Bertz CT molecular complexity index is 390. The zero-order valence-corrected chi connectivity index (χ0v) is 13.8. The van der Waals surface area contributed by atoms with Crippen LogP contribution in [0.25, 0.3) is 0 Å². The molecule has 0 saturated carbocycles. The number of nitrogens with zero attached hydrogens (tertiary/aromatic N) is 2. The molecule has 0 radical (unpaired) electrons. The van der Waals surface area contributed by atoms with Crippen LogP contribution >= 0.6 is 15.9 Å². The lowest BCUT2D eigenvalue weighted by Crippen LogP contribution is -2.29. The highest BCUT2D eigenvalue weighted by atomic mass is 79.9. The van der Waals surface area contributed by atoms with E-state index in [1.165, 1.54) is 5.69 Å². The minimum atomic E-state index is 0.188. The maximum Gasteiger partial charge on any atom is 0.0766 e. The van der Waals surface area contributed by atoms with Gasteiger partial charge in [-0.1, -0.05) is 27.7 Å². The van der Waals surface area contributed by atoms with E-state index in [4.69, 9.17) is 5.73 Å². The maximum atomic E-state index is 6.27. The van der Waals surface area contributed by atoms with Crippen LogP contribution in [0.4, 0.5) is 0 Å². The van der Waals surface area contributed by atoms with Crippen LogP contribution in [0, 0.1) is 5.41 Å². The molecule has 2 N–H and O–H groups in total. The second kappa shape index (κ2) is 6.20. The predicted molar refractivity (Wildman–Crippen MR) is 80.7 cm³/mol. The molecule has 3 nitrogen and oxygen atoms in total. The molecule has 0 aromatic carbocycles. The van der Waals surface area contributed by atoms with Gasteiger partial charge in [-0.25, -0.2) is 0 Å². The van der Waals surface area contributed by atoms with E-state index in [0.29, 0.717) is 0 Å². The van der Waals surface area contributed by atoms with Crippen LogP contribution in [0.5, 0.6) is 0 Å². The Hall–Kier alpha value is -0.350. The van der Waals surface area contributed by atoms with Crippen LogP contribution in [-0.2, 0) is 19.4 Å². The van der Waals surface area contributed by atoms with Crippen molar-refractivity contribution < 1.29 is 0 Å². The molecule has 104 valence electrons. The van der Waals surface area contributed by atoms with E-state index in [9.17, 15) is 0 Å². The SMILES string of the molecule is CCc1nn(CC)c(CC(N)CC(C)(C)C)c1Br. The lowest BCUT2D eigenvalue weighted by atomic mass is 9.87. The van der Waals surface area contributed by atoms with Gasteiger partial charge in [0, 0.05) is 19.0 Å². The van der Waals surface area contributed by atoms with Gasteiger partial charge in [0.15, 0.2) is 0 Å². The molecule has 1 atom stereocenters. The number of aryl methyl sites for hydroxylation is 2. The van der Waals surface area contributed by atoms with Crippen molar-refractivity contribution in [1.29, 1.82) is 0 Å². The summed E-state index contributed by atoms with van der Waals surface area (Å²) in [5, 5.41) is 4.61. The Morgan fingerprint density at radius 1 is 1.33 bits per heavy atom. The number of aromatic nitrogens is 2. The van der Waals surface area contributed by atoms with Gasteiger partial charge in [0.25, 0.3) is 0 Å². The summed E-state index contributed by atoms with van der Waals surface area (Å²) in [6.45, 7) is 11.9. The number of hydrogen-bond donors (Lipinski definition) is 1. The second-order valence-electron chi connectivity index (χ2n) is 6.11. The highest BCUT2D eigenvalue weighted by molar-refractivity contribution is 9.10. The highest BCUT2D eigenvalue weighted by Crippen LogP contribution is 2.26. The van der Waals surface area contributed by atoms with Crippen molar-refractivity contribution in [3.8, 4) is 0 Å². The van der Waals surface area contributed by atoms with Crippen LogP contribution in [0.2, 0.25) is 0 Å². The van der Waals surface area contributed by atoms with E-state index in [1.807, 2.05) is 0 Å². The Kier molecular flexibility index (Phi) is 5.41. The van der Waals surface area contributed by atoms with Gasteiger partial charge in [-0.05, 0) is 41.1 Å². The lowest BCUT2D eigenvalue weighted by molar-refractivity contribution is 0.335. The van der Waals surface area contributed by atoms with E-state index in [0.717, 1.165) is 36.0 Å². The molecule has 0 aliphatic heterocycles. The molecule has 0 bridgehead atoms. The monoisotopic (exact) mass is 315 g/mol. The van der Waals surface area contributed by atoms with E-state index in [-0.39, 0.29) is 11.5 Å². The van der Waals surface area contributed by atoms with Gasteiger partial charge in [-0.2, -0.15) is 5.10 Å². The van der Waals surface area contributed by atoms with Crippen molar-refractivity contribution in [2.24, 2.45) is 11.1 Å². The molecule has 0 fully saturated rings. The van der Waals surface area contributed by atoms with Gasteiger partial charge in [-0.3, -0.25) is 4.68 Å². The van der Waals surface area contributed by atoms with Crippen molar-refractivity contribution in [3.05, 3.63) is 15.9 Å². The first kappa shape index (κ1) is 15.7. The largest absolute Gasteiger partial charge is 0.327 e. The topological polar surface area (TPSA) is 43.8 Å². The molecule has 4 heteroatoms. The highest BCUT2D eigenvalue weighted by Gasteiger charge is 2.20. The summed E-state index contributed by atoms with van der Waals surface area (Å²) in [6, 6.07) is 0.188. The molecular formula is C14H26BrN3. The van der Waals surface area contributed by atoms with Crippen LogP contribution < -0.4 is 5.73 Å². The summed E-state index contributed by atoms with van der Waals surface area (Å²) in [5.41, 5.74) is 8.92. The van der Waals surface area contributed by atoms with Crippen LogP contribution in [0.1, 0.15) is 52.4 Å². The quantitative estimate of drug-likeness (QED) is 0.903. The summed E-state index contributed by atoms with van der Waals surface area (Å²) >= 11 is 3.67. The summed E-state index contributed by atoms with van der Waals surface area (Å²) in [5.74, 6) is 0. The van der Waals surface area contributed by atoms with Crippen LogP contribution in [-0.4, -0.2) is 15.8 Å². The minimum absolute atomic E-state index is 0.188. The normalized spacial score (nSPS) is 13.9. The minimum Gasteiger partial charge on any atom is -0.327 e. The third-order valence-corrected chi connectivity index (χ3v) is 3.94. The summed E-state index contributed by atoms with van der Waals surface area (Å²) in [4.78, 5) is 0. The van der Waals surface area contributed by atoms with Gasteiger partial charge in [-0.15, -0.1) is 0 Å².